The van der Waals surface area contributed by atoms with Gasteiger partial charge in [0.15, 0.2) is 5.82 Å². The van der Waals surface area contributed by atoms with Gasteiger partial charge in [-0.2, -0.15) is 16.7 Å². The molecule has 0 aliphatic carbocycles. The number of aryl methyl sites for hydroxylation is 1. The van der Waals surface area contributed by atoms with Crippen LogP contribution in [0.25, 0.3) is 0 Å². The Hall–Kier alpha value is -1.37. The number of benzene rings is 1. The number of rotatable bonds is 7. The van der Waals surface area contributed by atoms with Crippen molar-refractivity contribution in [3.63, 3.8) is 0 Å². The first-order valence-electron chi connectivity index (χ1n) is 8.62. The minimum Gasteiger partial charge on any atom is -0.395 e. The summed E-state index contributed by atoms with van der Waals surface area (Å²) in [6, 6.07) is 10.8. The molecule has 24 heavy (non-hydrogen) atoms. The van der Waals surface area contributed by atoms with Gasteiger partial charge in [0.2, 0.25) is 5.89 Å². The van der Waals surface area contributed by atoms with Gasteiger partial charge in [-0.3, -0.25) is 4.90 Å². The van der Waals surface area contributed by atoms with Crippen molar-refractivity contribution in [2.45, 2.75) is 44.8 Å². The van der Waals surface area contributed by atoms with E-state index < -0.39 is 0 Å². The summed E-state index contributed by atoms with van der Waals surface area (Å²) < 4.78 is 5.45. The van der Waals surface area contributed by atoms with Gasteiger partial charge >= 0.3 is 0 Å². The van der Waals surface area contributed by atoms with Gasteiger partial charge in [-0.25, -0.2) is 0 Å². The molecule has 0 bridgehead atoms. The first kappa shape index (κ1) is 17.5. The van der Waals surface area contributed by atoms with Gasteiger partial charge in [0, 0.05) is 30.0 Å². The molecular formula is C18H25N3O2S. The lowest BCUT2D eigenvalue weighted by Gasteiger charge is -2.40. The third-order valence-corrected chi connectivity index (χ3v) is 5.60. The SMILES string of the molecule is CCCCc1noc(CN2[C@H](CO)CSC[C@H]2c2ccccc2)n1. The summed E-state index contributed by atoms with van der Waals surface area (Å²) in [4.78, 5) is 6.84. The van der Waals surface area contributed by atoms with Crippen molar-refractivity contribution < 1.29 is 9.63 Å². The highest BCUT2D eigenvalue weighted by Gasteiger charge is 2.32. The fourth-order valence-corrected chi connectivity index (χ4v) is 4.38. The quantitative estimate of drug-likeness (QED) is 0.830. The summed E-state index contributed by atoms with van der Waals surface area (Å²) in [6.07, 6.45) is 3.06. The van der Waals surface area contributed by atoms with E-state index in [4.69, 9.17) is 4.52 Å². The molecule has 1 aromatic carbocycles. The second kappa shape index (κ2) is 8.65. The summed E-state index contributed by atoms with van der Waals surface area (Å²) in [5.74, 6) is 3.37. The van der Waals surface area contributed by atoms with E-state index in [-0.39, 0.29) is 18.7 Å². The summed E-state index contributed by atoms with van der Waals surface area (Å²) in [7, 11) is 0. The highest BCUT2D eigenvalue weighted by Crippen LogP contribution is 2.33. The molecule has 0 amide bonds. The Kier molecular flexibility index (Phi) is 6.29. The molecule has 130 valence electrons. The summed E-state index contributed by atoms with van der Waals surface area (Å²) in [5, 5.41) is 13.9. The molecule has 1 aliphatic rings. The Balaban J connectivity index is 1.76. The number of nitrogens with zero attached hydrogens (tertiary/aromatic N) is 3. The molecule has 1 N–H and O–H groups in total. The van der Waals surface area contributed by atoms with Gasteiger partial charge in [-0.15, -0.1) is 0 Å². The molecule has 0 saturated carbocycles. The molecule has 1 aliphatic heterocycles. The Labute approximate surface area is 147 Å². The van der Waals surface area contributed by atoms with Gasteiger partial charge in [0.25, 0.3) is 0 Å². The standard InChI is InChI=1S/C18H25N3O2S/c1-2-3-9-17-19-18(23-20-17)10-21-15(11-22)12-24-13-16(21)14-7-5-4-6-8-14/h4-8,15-16,22H,2-3,9-13H2,1H3/t15-,16+/m1/s1. The number of hydrogen-bond donors (Lipinski definition) is 1. The lowest BCUT2D eigenvalue weighted by molar-refractivity contribution is 0.0807. The maximum absolute atomic E-state index is 9.80. The van der Waals surface area contributed by atoms with Crippen molar-refractivity contribution in [2.75, 3.05) is 18.1 Å². The van der Waals surface area contributed by atoms with Crippen LogP contribution < -0.4 is 0 Å². The topological polar surface area (TPSA) is 62.4 Å². The van der Waals surface area contributed by atoms with Crippen LogP contribution in [0.3, 0.4) is 0 Å². The van der Waals surface area contributed by atoms with E-state index in [1.165, 1.54) is 5.56 Å². The van der Waals surface area contributed by atoms with Crippen molar-refractivity contribution in [3.05, 3.63) is 47.6 Å². The van der Waals surface area contributed by atoms with E-state index in [0.29, 0.717) is 12.4 Å². The predicted octanol–water partition coefficient (Wildman–Crippen LogP) is 3.06. The highest BCUT2D eigenvalue weighted by atomic mass is 32.2. The summed E-state index contributed by atoms with van der Waals surface area (Å²) in [5.41, 5.74) is 1.27. The van der Waals surface area contributed by atoms with Gasteiger partial charge in [-0.05, 0) is 12.0 Å². The normalized spacial score (nSPS) is 21.9. The maximum Gasteiger partial charge on any atom is 0.240 e. The molecule has 5 nitrogen and oxygen atoms in total. The fourth-order valence-electron chi connectivity index (χ4n) is 3.07. The van der Waals surface area contributed by atoms with Crippen LogP contribution in [0, 0.1) is 0 Å². The molecular weight excluding hydrogens is 322 g/mol. The number of thioether (sulfide) groups is 1. The molecule has 0 unspecified atom stereocenters. The summed E-state index contributed by atoms with van der Waals surface area (Å²) in [6.45, 7) is 2.89. The Morgan fingerprint density at radius 3 is 2.88 bits per heavy atom. The van der Waals surface area contributed by atoms with Crippen LogP contribution in [0.2, 0.25) is 0 Å². The van der Waals surface area contributed by atoms with E-state index in [1.807, 2.05) is 17.8 Å². The number of unbranched alkanes of at least 4 members (excludes halogenated alkanes) is 1. The zero-order chi connectivity index (χ0) is 16.8. The predicted molar refractivity (Wildman–Crippen MR) is 95.8 cm³/mol. The van der Waals surface area contributed by atoms with Crippen LogP contribution in [0.15, 0.2) is 34.9 Å². The number of aliphatic hydroxyl groups is 1. The van der Waals surface area contributed by atoms with Crippen LogP contribution in [0.5, 0.6) is 0 Å². The Morgan fingerprint density at radius 2 is 2.12 bits per heavy atom. The van der Waals surface area contributed by atoms with E-state index >= 15 is 0 Å². The molecule has 3 rings (SSSR count). The van der Waals surface area contributed by atoms with E-state index in [0.717, 1.165) is 36.6 Å². The van der Waals surface area contributed by atoms with E-state index in [9.17, 15) is 5.11 Å². The second-order valence-electron chi connectivity index (χ2n) is 6.18. The third-order valence-electron chi connectivity index (χ3n) is 4.43. The summed E-state index contributed by atoms with van der Waals surface area (Å²) >= 11 is 1.89. The molecule has 1 fully saturated rings. The molecule has 6 heteroatoms. The maximum atomic E-state index is 9.80. The monoisotopic (exact) mass is 347 g/mol. The van der Waals surface area contributed by atoms with Gasteiger partial charge in [0.1, 0.15) is 0 Å². The smallest absolute Gasteiger partial charge is 0.240 e. The van der Waals surface area contributed by atoms with Crippen LogP contribution >= 0.6 is 11.8 Å². The minimum absolute atomic E-state index is 0.111. The van der Waals surface area contributed by atoms with Crippen LogP contribution in [-0.2, 0) is 13.0 Å². The highest BCUT2D eigenvalue weighted by molar-refractivity contribution is 7.99. The lowest BCUT2D eigenvalue weighted by atomic mass is 10.0. The molecule has 2 atom stereocenters. The van der Waals surface area contributed by atoms with Crippen molar-refractivity contribution in [1.29, 1.82) is 0 Å². The largest absolute Gasteiger partial charge is 0.395 e. The molecule has 0 spiro atoms. The fraction of sp³-hybridized carbons (Fsp3) is 0.556. The lowest BCUT2D eigenvalue weighted by Crippen LogP contribution is -2.46. The number of hydrogen-bond acceptors (Lipinski definition) is 6. The average molecular weight is 347 g/mol. The first-order chi connectivity index (χ1) is 11.8. The van der Waals surface area contributed by atoms with Crippen molar-refractivity contribution >= 4 is 11.8 Å². The minimum atomic E-state index is 0.111. The average Bonchev–Trinajstić information content (AvgIpc) is 3.08. The third kappa shape index (κ3) is 4.18. The Morgan fingerprint density at radius 1 is 1.29 bits per heavy atom. The molecule has 2 heterocycles. The van der Waals surface area contributed by atoms with E-state index in [2.05, 4.69) is 46.2 Å². The van der Waals surface area contributed by atoms with Crippen molar-refractivity contribution in [2.24, 2.45) is 0 Å². The second-order valence-corrected chi connectivity index (χ2v) is 7.26. The van der Waals surface area contributed by atoms with Crippen LogP contribution in [0.1, 0.15) is 43.1 Å². The molecule has 2 aromatic rings. The molecule has 1 aromatic heterocycles. The van der Waals surface area contributed by atoms with Crippen LogP contribution in [-0.4, -0.2) is 44.3 Å². The first-order valence-corrected chi connectivity index (χ1v) is 9.78. The number of aromatic nitrogens is 2. The zero-order valence-electron chi connectivity index (χ0n) is 14.1. The Bertz CT molecular complexity index is 620. The molecule has 0 radical (unpaired) electrons. The zero-order valence-corrected chi connectivity index (χ0v) is 14.9. The van der Waals surface area contributed by atoms with Gasteiger partial charge < -0.3 is 9.63 Å². The van der Waals surface area contributed by atoms with Crippen molar-refractivity contribution in [3.8, 4) is 0 Å². The number of aliphatic hydroxyl groups excluding tert-OH is 1. The van der Waals surface area contributed by atoms with Gasteiger partial charge in [0.05, 0.1) is 13.2 Å². The van der Waals surface area contributed by atoms with Crippen LogP contribution in [0.4, 0.5) is 0 Å². The van der Waals surface area contributed by atoms with Gasteiger partial charge in [-0.1, -0.05) is 48.8 Å². The van der Waals surface area contributed by atoms with E-state index in [1.54, 1.807) is 0 Å². The molecule has 1 saturated heterocycles. The van der Waals surface area contributed by atoms with Crippen molar-refractivity contribution in [1.82, 2.24) is 15.0 Å².